The maximum atomic E-state index is 12.3. The second-order valence-electron chi connectivity index (χ2n) is 7.33. The van der Waals surface area contributed by atoms with E-state index in [-0.39, 0.29) is 18.1 Å². The molecule has 0 aromatic rings. The Morgan fingerprint density at radius 2 is 1.90 bits per heavy atom. The zero-order valence-electron chi connectivity index (χ0n) is 13.1. The Morgan fingerprint density at radius 1 is 1.25 bits per heavy atom. The van der Waals surface area contributed by atoms with Gasteiger partial charge in [0.15, 0.2) is 0 Å². The van der Waals surface area contributed by atoms with E-state index in [1.165, 1.54) is 6.42 Å². The number of hydrogen-bond acceptors (Lipinski definition) is 4. The Kier molecular flexibility index (Phi) is 5.04. The molecule has 0 spiro atoms. The zero-order chi connectivity index (χ0) is 14.8. The third-order valence-corrected chi connectivity index (χ3v) is 4.27. The summed E-state index contributed by atoms with van der Waals surface area (Å²) < 4.78 is 0. The van der Waals surface area contributed by atoms with Crippen LogP contribution in [0.5, 0.6) is 0 Å². The van der Waals surface area contributed by atoms with Gasteiger partial charge in [0.25, 0.3) is 0 Å². The van der Waals surface area contributed by atoms with Crippen LogP contribution in [0.25, 0.3) is 0 Å². The van der Waals surface area contributed by atoms with Gasteiger partial charge in [-0.2, -0.15) is 0 Å². The van der Waals surface area contributed by atoms with Crippen molar-refractivity contribution in [3.8, 4) is 0 Å². The van der Waals surface area contributed by atoms with Gasteiger partial charge in [-0.1, -0.05) is 20.8 Å². The van der Waals surface area contributed by atoms with E-state index in [2.05, 4.69) is 31.0 Å². The van der Waals surface area contributed by atoms with Gasteiger partial charge in [-0.05, 0) is 24.8 Å². The number of aliphatic hydroxyl groups excluding tert-OH is 1. The predicted octanol–water partition coefficient (Wildman–Crippen LogP) is 0.290. The number of piperazine rings is 1. The monoisotopic (exact) mass is 283 g/mol. The van der Waals surface area contributed by atoms with Gasteiger partial charge in [0.1, 0.15) is 0 Å². The van der Waals surface area contributed by atoms with Crippen molar-refractivity contribution in [2.75, 3.05) is 39.3 Å². The van der Waals surface area contributed by atoms with Gasteiger partial charge >= 0.3 is 0 Å². The highest BCUT2D eigenvalue weighted by Crippen LogP contribution is 2.19. The third kappa shape index (κ3) is 4.43. The first kappa shape index (κ1) is 15.7. The van der Waals surface area contributed by atoms with E-state index in [1.54, 1.807) is 0 Å². The molecule has 2 heterocycles. The van der Waals surface area contributed by atoms with Gasteiger partial charge in [0, 0.05) is 32.7 Å². The number of aliphatic hydroxyl groups is 1. The van der Waals surface area contributed by atoms with Crippen LogP contribution in [-0.2, 0) is 4.79 Å². The lowest BCUT2D eigenvalue weighted by Gasteiger charge is -2.37. The standard InChI is InChI=1S/C15H29N3O2/c1-15(2,3)4-5-17-6-8-18(9-7-17)14(20)13-10-12(19)11-16-13/h12-13,16,19H,4-11H2,1-3H3. The average Bonchev–Trinajstić information content (AvgIpc) is 2.82. The number of hydrogen-bond donors (Lipinski definition) is 2. The molecule has 0 aromatic carbocycles. The van der Waals surface area contributed by atoms with Crippen molar-refractivity contribution in [3.63, 3.8) is 0 Å². The molecule has 2 saturated heterocycles. The van der Waals surface area contributed by atoms with Crippen LogP contribution < -0.4 is 5.32 Å². The minimum absolute atomic E-state index is 0.164. The van der Waals surface area contributed by atoms with Gasteiger partial charge in [-0.3, -0.25) is 9.69 Å². The molecule has 0 bridgehead atoms. The van der Waals surface area contributed by atoms with Crippen LogP contribution in [0.3, 0.4) is 0 Å². The topological polar surface area (TPSA) is 55.8 Å². The Morgan fingerprint density at radius 3 is 2.40 bits per heavy atom. The van der Waals surface area contributed by atoms with E-state index in [0.717, 1.165) is 32.7 Å². The largest absolute Gasteiger partial charge is 0.392 e. The number of nitrogens with zero attached hydrogens (tertiary/aromatic N) is 2. The predicted molar refractivity (Wildman–Crippen MR) is 79.5 cm³/mol. The summed E-state index contributed by atoms with van der Waals surface area (Å²) in [6.07, 6.45) is 1.39. The van der Waals surface area contributed by atoms with E-state index >= 15 is 0 Å². The molecule has 2 N–H and O–H groups in total. The molecular formula is C15H29N3O2. The van der Waals surface area contributed by atoms with Crippen molar-refractivity contribution in [1.29, 1.82) is 0 Å². The molecule has 116 valence electrons. The summed E-state index contributed by atoms with van der Waals surface area (Å²) in [4.78, 5) is 16.7. The van der Waals surface area contributed by atoms with Crippen LogP contribution >= 0.6 is 0 Å². The van der Waals surface area contributed by atoms with Crippen molar-refractivity contribution in [1.82, 2.24) is 15.1 Å². The smallest absolute Gasteiger partial charge is 0.239 e. The van der Waals surface area contributed by atoms with Crippen LogP contribution in [0.2, 0.25) is 0 Å². The number of rotatable bonds is 3. The van der Waals surface area contributed by atoms with E-state index in [0.29, 0.717) is 18.4 Å². The van der Waals surface area contributed by atoms with Crippen LogP contribution in [0.1, 0.15) is 33.6 Å². The summed E-state index contributed by atoms with van der Waals surface area (Å²) in [6, 6.07) is -0.175. The fourth-order valence-corrected chi connectivity index (χ4v) is 2.81. The fourth-order valence-electron chi connectivity index (χ4n) is 2.81. The molecule has 2 unspecified atom stereocenters. The van der Waals surface area contributed by atoms with Crippen LogP contribution in [0.15, 0.2) is 0 Å². The zero-order valence-corrected chi connectivity index (χ0v) is 13.1. The molecule has 5 nitrogen and oxygen atoms in total. The highest BCUT2D eigenvalue weighted by atomic mass is 16.3. The van der Waals surface area contributed by atoms with E-state index in [4.69, 9.17) is 0 Å². The molecule has 2 atom stereocenters. The van der Waals surface area contributed by atoms with Crippen LogP contribution in [-0.4, -0.2) is 72.2 Å². The van der Waals surface area contributed by atoms with Gasteiger partial charge in [0.05, 0.1) is 12.1 Å². The molecule has 5 heteroatoms. The quantitative estimate of drug-likeness (QED) is 0.782. The fraction of sp³-hybridized carbons (Fsp3) is 0.933. The number of carbonyl (C=O) groups excluding carboxylic acids is 1. The van der Waals surface area contributed by atoms with Gasteiger partial charge in [-0.25, -0.2) is 0 Å². The van der Waals surface area contributed by atoms with Crippen molar-refractivity contribution >= 4 is 5.91 Å². The molecule has 0 aliphatic carbocycles. The lowest BCUT2D eigenvalue weighted by atomic mass is 9.92. The average molecular weight is 283 g/mol. The van der Waals surface area contributed by atoms with Gasteiger partial charge in [-0.15, -0.1) is 0 Å². The minimum Gasteiger partial charge on any atom is -0.392 e. The summed E-state index contributed by atoms with van der Waals surface area (Å²) in [5, 5.41) is 12.6. The van der Waals surface area contributed by atoms with E-state index < -0.39 is 0 Å². The number of nitrogens with one attached hydrogen (secondary N) is 1. The molecule has 0 radical (unpaired) electrons. The highest BCUT2D eigenvalue weighted by molar-refractivity contribution is 5.82. The van der Waals surface area contributed by atoms with Crippen molar-refractivity contribution in [3.05, 3.63) is 0 Å². The van der Waals surface area contributed by atoms with E-state index in [9.17, 15) is 9.90 Å². The molecule has 2 rings (SSSR count). The number of amides is 1. The molecule has 20 heavy (non-hydrogen) atoms. The van der Waals surface area contributed by atoms with E-state index in [1.807, 2.05) is 4.90 Å². The highest BCUT2D eigenvalue weighted by Gasteiger charge is 2.32. The van der Waals surface area contributed by atoms with Crippen molar-refractivity contribution in [2.24, 2.45) is 5.41 Å². The molecular weight excluding hydrogens is 254 g/mol. The molecule has 0 aromatic heterocycles. The summed E-state index contributed by atoms with van der Waals surface area (Å²) in [6.45, 7) is 12.0. The maximum Gasteiger partial charge on any atom is 0.239 e. The summed E-state index contributed by atoms with van der Waals surface area (Å²) >= 11 is 0. The Hall–Kier alpha value is -0.650. The number of β-amino-alcohol motifs (C(OH)–C–C–N with tert-alkyl or cyclic N) is 1. The normalized spacial score (nSPS) is 28.9. The first-order valence-corrected chi connectivity index (χ1v) is 7.78. The van der Waals surface area contributed by atoms with Gasteiger partial charge < -0.3 is 15.3 Å². The third-order valence-electron chi connectivity index (χ3n) is 4.27. The molecule has 1 amide bonds. The Labute approximate surface area is 122 Å². The second-order valence-corrected chi connectivity index (χ2v) is 7.33. The lowest BCUT2D eigenvalue weighted by Crippen LogP contribution is -2.53. The Bertz CT molecular complexity index is 333. The summed E-state index contributed by atoms with van der Waals surface area (Å²) in [5.41, 5.74) is 0.372. The van der Waals surface area contributed by atoms with Gasteiger partial charge in [0.2, 0.25) is 5.91 Å². The minimum atomic E-state index is -0.364. The maximum absolute atomic E-state index is 12.3. The molecule has 2 aliphatic rings. The molecule has 0 saturated carbocycles. The van der Waals surface area contributed by atoms with Crippen molar-refractivity contribution in [2.45, 2.75) is 45.8 Å². The van der Waals surface area contributed by atoms with Crippen LogP contribution in [0, 0.1) is 5.41 Å². The first-order valence-electron chi connectivity index (χ1n) is 7.78. The first-order chi connectivity index (χ1) is 9.35. The SMILES string of the molecule is CC(C)(C)CCN1CCN(C(=O)C2CC(O)CN2)CC1. The van der Waals surface area contributed by atoms with Crippen molar-refractivity contribution < 1.29 is 9.90 Å². The molecule has 2 fully saturated rings. The Balaban J connectivity index is 1.72. The number of carbonyl (C=O) groups is 1. The lowest BCUT2D eigenvalue weighted by molar-refractivity contribution is -0.135. The molecule has 2 aliphatic heterocycles. The van der Waals surface area contributed by atoms with Crippen LogP contribution in [0.4, 0.5) is 0 Å². The second kappa shape index (κ2) is 6.41. The summed E-state index contributed by atoms with van der Waals surface area (Å²) in [5.74, 6) is 0.164. The summed E-state index contributed by atoms with van der Waals surface area (Å²) in [7, 11) is 0.